The van der Waals surface area contributed by atoms with Gasteiger partial charge in [-0.05, 0) is 71.8 Å². The minimum atomic E-state index is -0.826. The van der Waals surface area contributed by atoms with Gasteiger partial charge < -0.3 is 4.74 Å². The molecule has 0 spiro atoms. The molecule has 0 amide bonds. The van der Waals surface area contributed by atoms with Gasteiger partial charge in [-0.1, -0.05) is 139 Å². The second kappa shape index (κ2) is 18.5. The number of benzene rings is 4. The van der Waals surface area contributed by atoms with Crippen LogP contribution in [0.5, 0.6) is 5.75 Å². The van der Waals surface area contributed by atoms with E-state index in [4.69, 9.17) is 21.8 Å². The van der Waals surface area contributed by atoms with Crippen LogP contribution in [0.1, 0.15) is 92.5 Å². The molecule has 0 atom stereocenters. The predicted octanol–water partition coefficient (Wildman–Crippen LogP) is 14.9. The van der Waals surface area contributed by atoms with Crippen molar-refractivity contribution >= 4 is 48.1 Å². The number of aryl methyl sites for hydroxylation is 5. The Kier molecular flexibility index (Phi) is 15.1. The second-order valence-corrected chi connectivity index (χ2v) is 21.4. The van der Waals surface area contributed by atoms with Gasteiger partial charge in [0, 0.05) is 9.52 Å². The predicted molar refractivity (Wildman–Crippen MR) is 234 cm³/mol. The van der Waals surface area contributed by atoms with Crippen LogP contribution in [0.4, 0.5) is 0 Å². The van der Waals surface area contributed by atoms with Crippen LogP contribution >= 0.6 is 17.0 Å². The maximum absolute atomic E-state index is 5.95. The molecule has 5 heteroatoms. The number of ether oxygens (including phenoxy) is 1. The van der Waals surface area contributed by atoms with Gasteiger partial charge in [0.1, 0.15) is 5.75 Å². The van der Waals surface area contributed by atoms with Gasteiger partial charge in [-0.3, -0.25) is 0 Å². The quantitative estimate of drug-likeness (QED) is 0.127. The second-order valence-electron chi connectivity index (χ2n) is 16.7. The standard InChI is InChI=1S/C23H27O.C23H25.C2H6Si.2ClH.Zr/c1-14-8-15(2)11-18(10-14)21-19-12-16(3)9-17(19)13-20(22(21)24-7)23(4,5)6;1-15-12-18-14-17-6-5-7-20(17)22(21(18)13-15)16-8-10-19(11-9-16)23(2,3)4;1-3-2;;;/h8-13H,1-7H3;8-14H,5-7H2,1-4H3;1-2H3;2*1H;/q2*-1;;;;+4/p-2. The molecule has 1 aliphatic rings. The van der Waals surface area contributed by atoms with Crippen LogP contribution < -0.4 is 4.74 Å². The summed E-state index contributed by atoms with van der Waals surface area (Å²) < 4.78 is 5.95. The van der Waals surface area contributed by atoms with E-state index in [-0.39, 0.29) is 10.8 Å². The van der Waals surface area contributed by atoms with Gasteiger partial charge in [-0.25, -0.2) is 0 Å². The Labute approximate surface area is 342 Å². The molecule has 0 fully saturated rings. The first-order valence-corrected chi connectivity index (χ1v) is 27.0. The van der Waals surface area contributed by atoms with Crippen molar-refractivity contribution in [2.24, 2.45) is 0 Å². The van der Waals surface area contributed by atoms with Crippen molar-refractivity contribution in [3.05, 3.63) is 123 Å². The summed E-state index contributed by atoms with van der Waals surface area (Å²) in [6.07, 6.45) is 3.77. The normalized spacial score (nSPS) is 12.2. The zero-order valence-corrected chi connectivity index (χ0v) is 39.3. The molecule has 0 unspecified atom stereocenters. The molecule has 1 aliphatic carbocycles. The van der Waals surface area contributed by atoms with E-state index in [1.54, 1.807) is 18.2 Å². The molecule has 6 aromatic rings. The molecule has 278 valence electrons. The first kappa shape index (κ1) is 43.3. The number of hydrogen-bond donors (Lipinski definition) is 0. The summed E-state index contributed by atoms with van der Waals surface area (Å²) in [6.45, 7) is 26.6. The average Bonchev–Trinajstić information content (AvgIpc) is 3.79. The minimum absolute atomic E-state index is 0.0261. The van der Waals surface area contributed by atoms with Crippen LogP contribution in [0, 0.1) is 27.7 Å². The number of rotatable bonds is 3. The molecule has 0 N–H and O–H groups in total. The monoisotopic (exact) mass is 838 g/mol. The van der Waals surface area contributed by atoms with Crippen molar-refractivity contribution in [3.63, 3.8) is 0 Å². The van der Waals surface area contributed by atoms with E-state index in [2.05, 4.69) is 161 Å². The first-order chi connectivity index (χ1) is 25.0. The Bertz CT molecular complexity index is 2120. The summed E-state index contributed by atoms with van der Waals surface area (Å²) in [6, 6.07) is 30.0. The number of methoxy groups -OCH3 is 1. The molecule has 6 aromatic carbocycles. The molecule has 0 aromatic heterocycles. The van der Waals surface area contributed by atoms with Crippen LogP contribution in [0.3, 0.4) is 0 Å². The van der Waals surface area contributed by atoms with E-state index >= 15 is 0 Å². The Balaban J connectivity index is 0.000000206. The third kappa shape index (κ3) is 10.5. The Morgan fingerprint density at radius 1 is 0.660 bits per heavy atom. The van der Waals surface area contributed by atoms with Gasteiger partial charge >= 0.3 is 37.9 Å². The van der Waals surface area contributed by atoms with Crippen LogP contribution in [0.2, 0.25) is 13.1 Å². The van der Waals surface area contributed by atoms with Crippen molar-refractivity contribution in [3.8, 4) is 28.0 Å². The molecular formula is C48H58Cl2OSiZr. The van der Waals surface area contributed by atoms with E-state index < -0.39 is 20.8 Å². The fourth-order valence-corrected chi connectivity index (χ4v) is 7.70. The van der Waals surface area contributed by atoms with E-state index in [1.807, 2.05) is 0 Å². The van der Waals surface area contributed by atoms with Gasteiger partial charge in [0.25, 0.3) is 0 Å². The van der Waals surface area contributed by atoms with Crippen molar-refractivity contribution < 1.29 is 25.6 Å². The molecule has 0 heterocycles. The van der Waals surface area contributed by atoms with Crippen LogP contribution in [0.25, 0.3) is 43.8 Å². The Hall–Kier alpha value is -2.42. The summed E-state index contributed by atoms with van der Waals surface area (Å²) in [7, 11) is 12.7. The van der Waals surface area contributed by atoms with Gasteiger partial charge in [0.05, 0.1) is 7.11 Å². The third-order valence-corrected chi connectivity index (χ3v) is 9.90. The summed E-state index contributed by atoms with van der Waals surface area (Å²) in [4.78, 5) is 0. The average molecular weight is 841 g/mol. The molecule has 0 aliphatic heterocycles. The van der Waals surface area contributed by atoms with Gasteiger partial charge in [-0.2, -0.15) is 12.1 Å². The molecule has 0 bridgehead atoms. The topological polar surface area (TPSA) is 9.23 Å². The first-order valence-electron chi connectivity index (χ1n) is 18.7. The fraction of sp³-hybridized carbons (Fsp3) is 0.375. The fourth-order valence-electron chi connectivity index (χ4n) is 7.70. The van der Waals surface area contributed by atoms with E-state index in [1.165, 1.54) is 96.4 Å². The van der Waals surface area contributed by atoms with Gasteiger partial charge in [0.2, 0.25) is 0 Å². The van der Waals surface area contributed by atoms with Crippen molar-refractivity contribution in [2.45, 2.75) is 112 Å². The summed E-state index contributed by atoms with van der Waals surface area (Å²) >= 11 is -0.826. The van der Waals surface area contributed by atoms with Crippen molar-refractivity contribution in [1.82, 2.24) is 0 Å². The molecule has 0 saturated heterocycles. The van der Waals surface area contributed by atoms with E-state index in [9.17, 15) is 0 Å². The molecular weight excluding hydrogens is 783 g/mol. The Morgan fingerprint density at radius 2 is 1.17 bits per heavy atom. The molecule has 53 heavy (non-hydrogen) atoms. The zero-order chi connectivity index (χ0) is 39.2. The summed E-state index contributed by atoms with van der Waals surface area (Å²) in [5.41, 5.74) is 16.6. The van der Waals surface area contributed by atoms with Crippen LogP contribution in [-0.4, -0.2) is 16.6 Å². The zero-order valence-electron chi connectivity index (χ0n) is 34.3. The Morgan fingerprint density at radius 3 is 1.66 bits per heavy atom. The summed E-state index contributed by atoms with van der Waals surface area (Å²) in [5, 5.41) is 5.43. The summed E-state index contributed by atoms with van der Waals surface area (Å²) in [5.74, 6) is 1.01. The van der Waals surface area contributed by atoms with Crippen LogP contribution in [-0.2, 0) is 44.5 Å². The number of fused-ring (bicyclic) bond motifs is 3. The third-order valence-electron chi connectivity index (χ3n) is 9.90. The maximum atomic E-state index is 5.95. The molecule has 7 rings (SSSR count). The van der Waals surface area contributed by atoms with Crippen molar-refractivity contribution in [2.75, 3.05) is 7.11 Å². The number of halogens is 2. The van der Waals surface area contributed by atoms with Gasteiger partial charge in [-0.15, -0.1) is 56.9 Å². The van der Waals surface area contributed by atoms with Crippen molar-refractivity contribution in [1.29, 1.82) is 0 Å². The van der Waals surface area contributed by atoms with E-state index in [0.717, 1.165) is 15.3 Å². The molecule has 1 nitrogen and oxygen atoms in total. The van der Waals surface area contributed by atoms with Gasteiger partial charge in [0.15, 0.2) is 0 Å². The SMILES string of the molecule is COc1c(C(C)(C)C)cc2[cH-]c(C)cc2c1-c1cc(C)cc(C)c1.C[Si]C.Cc1cc2c(-c3ccc(C(C)(C)C)cc3)c3c(cc2[cH-]1)CCC3.[Cl][Zr+2][Cl]. The molecule has 2 radical (unpaired) electrons. The van der Waals surface area contributed by atoms with Crippen LogP contribution in [0.15, 0.2) is 78.9 Å². The van der Waals surface area contributed by atoms with E-state index in [0.29, 0.717) is 0 Å². The number of hydrogen-bond acceptors (Lipinski definition) is 1. The molecule has 0 saturated carbocycles.